The van der Waals surface area contributed by atoms with E-state index < -0.39 is 5.41 Å². The van der Waals surface area contributed by atoms with Crippen molar-refractivity contribution in [3.05, 3.63) is 161 Å². The molecule has 0 radical (unpaired) electrons. The summed E-state index contributed by atoms with van der Waals surface area (Å²) in [5.74, 6) is 0.532. The van der Waals surface area contributed by atoms with E-state index in [1.165, 1.54) is 66.7 Å². The fourth-order valence-corrected chi connectivity index (χ4v) is 10.2. The van der Waals surface area contributed by atoms with Crippen molar-refractivity contribution in [3.63, 3.8) is 0 Å². The molecule has 4 atom stereocenters. The summed E-state index contributed by atoms with van der Waals surface area (Å²) in [4.78, 5) is 2.68. The smallest absolute Gasteiger partial charge is 0.0906 e. The van der Waals surface area contributed by atoms with Crippen molar-refractivity contribution in [3.8, 4) is 0 Å². The predicted molar refractivity (Wildman–Crippen MR) is 193 cm³/mol. The highest BCUT2D eigenvalue weighted by atomic mass is 15.3. The van der Waals surface area contributed by atoms with Gasteiger partial charge in [-0.15, -0.1) is 0 Å². The van der Waals surface area contributed by atoms with Gasteiger partial charge in [0.25, 0.3) is 0 Å². The Morgan fingerprint density at radius 3 is 1.91 bits per heavy atom. The number of aromatic nitrogens is 1. The highest BCUT2D eigenvalue weighted by molar-refractivity contribution is 6.14. The molecule has 1 aromatic heterocycles. The van der Waals surface area contributed by atoms with Gasteiger partial charge in [-0.2, -0.15) is 0 Å². The fraction of sp³-hybridized carbons (Fsp3) is 0.182. The van der Waals surface area contributed by atoms with Crippen molar-refractivity contribution < 1.29 is 0 Å². The zero-order chi connectivity index (χ0) is 30.9. The Morgan fingerprint density at radius 1 is 0.609 bits per heavy atom. The Hall–Kier alpha value is -5.08. The number of allylic oxidation sites excluding steroid dienone is 4. The van der Waals surface area contributed by atoms with Crippen molar-refractivity contribution in [2.24, 2.45) is 11.8 Å². The summed E-state index contributed by atoms with van der Waals surface area (Å²) in [5.41, 5.74) is 15.9. The number of nitrogens with zero attached hydrogens (tertiary/aromatic N) is 2. The van der Waals surface area contributed by atoms with Gasteiger partial charge in [-0.1, -0.05) is 129 Å². The second-order valence-electron chi connectivity index (χ2n) is 14.0. The summed E-state index contributed by atoms with van der Waals surface area (Å²) >= 11 is 0. The molecule has 6 aromatic rings. The molecule has 0 fully saturated rings. The second-order valence-corrected chi connectivity index (χ2v) is 14.0. The monoisotopic (exact) mass is 592 g/mol. The van der Waals surface area contributed by atoms with Crippen molar-refractivity contribution >= 4 is 50.0 Å². The summed E-state index contributed by atoms with van der Waals surface area (Å²) in [5, 5.41) is 2.61. The first-order chi connectivity index (χ1) is 22.5. The van der Waals surface area contributed by atoms with Gasteiger partial charge in [0.1, 0.15) is 0 Å². The molecule has 4 aliphatic rings. The van der Waals surface area contributed by atoms with Crippen LogP contribution in [-0.2, 0) is 5.41 Å². The molecule has 0 amide bonds. The van der Waals surface area contributed by atoms with Crippen LogP contribution < -0.4 is 4.90 Å². The lowest BCUT2D eigenvalue weighted by Gasteiger charge is -2.59. The number of hydrogen-bond acceptors (Lipinski definition) is 1. The Kier molecular flexibility index (Phi) is 5.00. The number of para-hydroxylation sites is 4. The van der Waals surface area contributed by atoms with Gasteiger partial charge in [0.15, 0.2) is 0 Å². The predicted octanol–water partition coefficient (Wildman–Crippen LogP) is 11.0. The minimum Gasteiger partial charge on any atom is -0.327 e. The highest BCUT2D eigenvalue weighted by Gasteiger charge is 2.63. The summed E-state index contributed by atoms with van der Waals surface area (Å²) in [6.45, 7) is 9.98. The molecule has 3 heterocycles. The van der Waals surface area contributed by atoms with Gasteiger partial charge in [0.2, 0.25) is 0 Å². The largest absolute Gasteiger partial charge is 0.327 e. The van der Waals surface area contributed by atoms with Gasteiger partial charge < -0.3 is 9.47 Å². The fourth-order valence-electron chi connectivity index (χ4n) is 10.2. The number of hydrogen-bond donors (Lipinski definition) is 0. The first kappa shape index (κ1) is 26.2. The van der Waals surface area contributed by atoms with E-state index in [2.05, 4.69) is 171 Å². The molecule has 0 bridgehead atoms. The summed E-state index contributed by atoms with van der Waals surface area (Å²) < 4.78 is 2.65. The minimum absolute atomic E-state index is 0.223. The lowest BCUT2D eigenvalue weighted by atomic mass is 9.51. The molecule has 0 spiro atoms. The molecular formula is C44H36N2. The molecule has 2 heteroatoms. The van der Waals surface area contributed by atoms with E-state index in [1.54, 1.807) is 11.1 Å². The molecule has 2 aliphatic carbocycles. The summed E-state index contributed by atoms with van der Waals surface area (Å²) in [7, 11) is 0. The van der Waals surface area contributed by atoms with Crippen molar-refractivity contribution in [2.45, 2.75) is 38.6 Å². The molecule has 2 aliphatic heterocycles. The van der Waals surface area contributed by atoms with E-state index >= 15 is 0 Å². The maximum Gasteiger partial charge on any atom is 0.0906 e. The highest BCUT2D eigenvalue weighted by Crippen LogP contribution is 2.70. The first-order valence-corrected chi connectivity index (χ1v) is 16.7. The average Bonchev–Trinajstić information content (AvgIpc) is 3.55. The zero-order valence-electron chi connectivity index (χ0n) is 26.8. The Bertz CT molecular complexity index is 2330. The van der Waals surface area contributed by atoms with Crippen LogP contribution in [0.4, 0.5) is 11.4 Å². The third-order valence-electron chi connectivity index (χ3n) is 11.8. The molecule has 4 unspecified atom stereocenters. The lowest BCUT2D eigenvalue weighted by Crippen LogP contribution is -2.57. The summed E-state index contributed by atoms with van der Waals surface area (Å²) in [6.07, 6.45) is 2.59. The van der Waals surface area contributed by atoms with Crippen LogP contribution in [0.3, 0.4) is 0 Å². The van der Waals surface area contributed by atoms with Crippen LogP contribution >= 0.6 is 0 Å². The van der Waals surface area contributed by atoms with Crippen LogP contribution in [0.2, 0.25) is 0 Å². The normalized spacial score (nSPS) is 25.9. The van der Waals surface area contributed by atoms with Gasteiger partial charge in [0, 0.05) is 39.3 Å². The molecule has 222 valence electrons. The second kappa shape index (κ2) is 8.79. The van der Waals surface area contributed by atoms with Crippen LogP contribution in [0.25, 0.3) is 38.6 Å². The minimum atomic E-state index is -0.408. The molecule has 46 heavy (non-hydrogen) atoms. The van der Waals surface area contributed by atoms with Gasteiger partial charge in [-0.3, -0.25) is 0 Å². The Morgan fingerprint density at radius 2 is 1.20 bits per heavy atom. The zero-order valence-corrected chi connectivity index (χ0v) is 26.8. The van der Waals surface area contributed by atoms with Crippen molar-refractivity contribution in [2.75, 3.05) is 4.90 Å². The molecule has 0 saturated carbocycles. The summed E-state index contributed by atoms with van der Waals surface area (Å²) in [6, 6.07) is 47.6. The molecule has 10 rings (SSSR count). The van der Waals surface area contributed by atoms with Crippen molar-refractivity contribution in [1.29, 1.82) is 0 Å². The van der Waals surface area contributed by atoms with Crippen LogP contribution in [-0.4, -0.2) is 10.1 Å². The third kappa shape index (κ3) is 2.90. The van der Waals surface area contributed by atoms with E-state index in [-0.39, 0.29) is 11.5 Å². The Labute approximate surface area is 270 Å². The number of fused-ring (bicyclic) bond motifs is 9. The van der Waals surface area contributed by atoms with Crippen LogP contribution in [0, 0.1) is 11.8 Å². The van der Waals surface area contributed by atoms with E-state index in [0.717, 1.165) is 0 Å². The van der Waals surface area contributed by atoms with Gasteiger partial charge in [-0.25, -0.2) is 0 Å². The molecular weight excluding hydrogens is 556 g/mol. The molecule has 0 N–H and O–H groups in total. The van der Waals surface area contributed by atoms with Gasteiger partial charge in [-0.05, 0) is 71.9 Å². The standard InChI is InChI=1S/C44H36N2/c1-27-26-34-32-20-10-14-24-37(32)46-38-25-15-11-21-33(38)43(3)41(44(34,46)4)39(27)28(2)40(29-16-6-5-7-17-29)42(43)45-35-22-12-8-18-30(35)31-19-9-13-23-36(31)45/h5-28H,1-4H3. The van der Waals surface area contributed by atoms with E-state index in [1.807, 2.05) is 0 Å². The maximum absolute atomic E-state index is 2.68. The van der Waals surface area contributed by atoms with Crippen LogP contribution in [0.15, 0.2) is 145 Å². The van der Waals surface area contributed by atoms with Crippen LogP contribution in [0.1, 0.15) is 44.4 Å². The van der Waals surface area contributed by atoms with Crippen LogP contribution in [0.5, 0.6) is 0 Å². The van der Waals surface area contributed by atoms with Gasteiger partial charge >= 0.3 is 0 Å². The first-order valence-electron chi connectivity index (χ1n) is 16.7. The quantitative estimate of drug-likeness (QED) is 0.182. The SMILES string of the molecule is CC1C=C2c3ccccc3N3c4ccccc4C4(C)C(n5c6ccccc6c6ccccc65)=C(c5ccccc5)C(C)C1=C4C23C. The number of anilines is 2. The third-order valence-corrected chi connectivity index (χ3v) is 11.8. The van der Waals surface area contributed by atoms with E-state index in [0.29, 0.717) is 5.92 Å². The van der Waals surface area contributed by atoms with Gasteiger partial charge in [0.05, 0.1) is 22.0 Å². The molecule has 2 nitrogen and oxygen atoms in total. The van der Waals surface area contributed by atoms with Crippen molar-refractivity contribution in [1.82, 2.24) is 4.57 Å². The molecule has 5 aromatic carbocycles. The molecule has 0 saturated heterocycles. The average molecular weight is 593 g/mol. The maximum atomic E-state index is 2.68. The number of rotatable bonds is 2. The van der Waals surface area contributed by atoms with E-state index in [9.17, 15) is 0 Å². The van der Waals surface area contributed by atoms with E-state index in [4.69, 9.17) is 0 Å². The Balaban J connectivity index is 1.44. The lowest BCUT2D eigenvalue weighted by molar-refractivity contribution is 0.483. The number of benzene rings is 5. The topological polar surface area (TPSA) is 8.17 Å².